The van der Waals surface area contributed by atoms with Gasteiger partial charge in [0.25, 0.3) is 5.24 Å². The van der Waals surface area contributed by atoms with Crippen molar-refractivity contribution in [2.45, 2.75) is 51.9 Å². The quantitative estimate of drug-likeness (QED) is 0.803. The lowest BCUT2D eigenvalue weighted by atomic mass is 9.86. The van der Waals surface area contributed by atoms with Gasteiger partial charge in [-0.25, -0.2) is 0 Å². The first-order valence-corrected chi connectivity index (χ1v) is 8.04. The lowest BCUT2D eigenvalue weighted by Crippen LogP contribution is -2.15. The molecule has 1 amide bonds. The summed E-state index contributed by atoms with van der Waals surface area (Å²) in [6, 6.07) is 5.24. The Hall–Kier alpha value is -1.35. The molecule has 21 heavy (non-hydrogen) atoms. The Kier molecular flexibility index (Phi) is 5.80. The first-order chi connectivity index (χ1) is 10.1. The minimum Gasteiger partial charge on any atom is -0.326 e. The number of halogens is 1. The van der Waals surface area contributed by atoms with Crippen LogP contribution in [0.3, 0.4) is 0 Å². The fourth-order valence-electron chi connectivity index (χ4n) is 2.95. The highest BCUT2D eigenvalue weighted by Gasteiger charge is 2.15. The van der Waals surface area contributed by atoms with Crippen LogP contribution in [-0.4, -0.2) is 11.1 Å². The molecule has 4 heteroatoms. The van der Waals surface area contributed by atoms with Crippen LogP contribution in [-0.2, 0) is 4.79 Å². The van der Waals surface area contributed by atoms with Crippen molar-refractivity contribution in [1.82, 2.24) is 0 Å². The molecular formula is C17H22ClNO2. The fourth-order valence-corrected chi connectivity index (χ4v) is 3.15. The maximum Gasteiger partial charge on any atom is 0.252 e. The number of nitrogens with one attached hydrogen (secondary N) is 1. The molecule has 0 atom stereocenters. The van der Waals surface area contributed by atoms with E-state index in [-0.39, 0.29) is 5.91 Å². The van der Waals surface area contributed by atoms with Gasteiger partial charge < -0.3 is 5.32 Å². The van der Waals surface area contributed by atoms with Crippen molar-refractivity contribution < 1.29 is 9.59 Å². The number of carbonyl (C=O) groups excluding carboxylic acids is 2. The second-order valence-electron chi connectivity index (χ2n) is 5.89. The Morgan fingerprint density at radius 3 is 2.62 bits per heavy atom. The van der Waals surface area contributed by atoms with Crippen LogP contribution in [0, 0.1) is 12.8 Å². The summed E-state index contributed by atoms with van der Waals surface area (Å²) in [5.41, 5.74) is 1.90. The normalized spacial score (nSPS) is 15.7. The van der Waals surface area contributed by atoms with E-state index in [1.807, 2.05) is 6.92 Å². The summed E-state index contributed by atoms with van der Waals surface area (Å²) < 4.78 is 0. The van der Waals surface area contributed by atoms with Gasteiger partial charge in [0.05, 0.1) is 0 Å². The molecule has 0 bridgehead atoms. The van der Waals surface area contributed by atoms with Crippen molar-refractivity contribution in [2.75, 3.05) is 5.32 Å². The zero-order valence-electron chi connectivity index (χ0n) is 12.5. The van der Waals surface area contributed by atoms with Crippen LogP contribution < -0.4 is 5.32 Å². The van der Waals surface area contributed by atoms with E-state index in [9.17, 15) is 9.59 Å². The van der Waals surface area contributed by atoms with Gasteiger partial charge in [-0.15, -0.1) is 0 Å². The Balaban J connectivity index is 1.87. The maximum atomic E-state index is 12.0. The number of carbonyl (C=O) groups is 2. The first kappa shape index (κ1) is 16.0. The highest BCUT2D eigenvalue weighted by molar-refractivity contribution is 6.68. The molecule has 2 rings (SSSR count). The van der Waals surface area contributed by atoms with Crippen LogP contribution >= 0.6 is 11.6 Å². The van der Waals surface area contributed by atoms with Crippen molar-refractivity contribution in [3.05, 3.63) is 29.3 Å². The van der Waals surface area contributed by atoms with Gasteiger partial charge in [-0.2, -0.15) is 0 Å². The molecule has 0 unspecified atom stereocenters. The van der Waals surface area contributed by atoms with E-state index in [4.69, 9.17) is 11.6 Å². The number of anilines is 1. The van der Waals surface area contributed by atoms with E-state index in [1.54, 1.807) is 18.2 Å². The van der Waals surface area contributed by atoms with Gasteiger partial charge in [-0.1, -0.05) is 38.2 Å². The van der Waals surface area contributed by atoms with E-state index < -0.39 is 5.24 Å². The fraction of sp³-hybridized carbons (Fsp3) is 0.529. The smallest absolute Gasteiger partial charge is 0.252 e. The number of rotatable bonds is 5. The first-order valence-electron chi connectivity index (χ1n) is 7.66. The summed E-state index contributed by atoms with van der Waals surface area (Å²) >= 11 is 5.53. The summed E-state index contributed by atoms with van der Waals surface area (Å²) in [6.45, 7) is 1.82. The molecule has 0 aliphatic heterocycles. The molecule has 3 nitrogen and oxygen atoms in total. The molecule has 0 spiro atoms. The molecule has 1 aromatic carbocycles. The van der Waals surface area contributed by atoms with Gasteiger partial charge in [-0.05, 0) is 48.6 Å². The molecule has 0 radical (unpaired) electrons. The summed E-state index contributed by atoms with van der Waals surface area (Å²) in [5.74, 6) is 0.708. The van der Waals surface area contributed by atoms with E-state index in [0.717, 1.165) is 12.0 Å². The van der Waals surface area contributed by atoms with E-state index in [0.29, 0.717) is 23.6 Å². The molecule has 0 heterocycles. The van der Waals surface area contributed by atoms with Gasteiger partial charge in [0, 0.05) is 17.7 Å². The van der Waals surface area contributed by atoms with Crippen molar-refractivity contribution in [2.24, 2.45) is 5.92 Å². The average Bonchev–Trinajstić information content (AvgIpc) is 2.48. The molecule has 1 N–H and O–H groups in total. The van der Waals surface area contributed by atoms with Crippen LogP contribution in [0.1, 0.15) is 60.9 Å². The minimum absolute atomic E-state index is 0.0115. The third-order valence-corrected chi connectivity index (χ3v) is 4.44. The Morgan fingerprint density at radius 2 is 1.95 bits per heavy atom. The molecule has 1 fully saturated rings. The Labute approximate surface area is 131 Å². The second kappa shape index (κ2) is 7.60. The van der Waals surface area contributed by atoms with Crippen LogP contribution in [0.15, 0.2) is 18.2 Å². The third-order valence-electron chi connectivity index (χ3n) is 4.24. The van der Waals surface area contributed by atoms with Crippen LogP contribution in [0.25, 0.3) is 0 Å². The summed E-state index contributed by atoms with van der Waals surface area (Å²) in [6.07, 6.45) is 7.94. The van der Waals surface area contributed by atoms with Gasteiger partial charge in [0.15, 0.2) is 0 Å². The maximum absolute atomic E-state index is 12.0. The van der Waals surface area contributed by atoms with E-state index in [1.165, 1.54) is 32.1 Å². The second-order valence-corrected chi connectivity index (χ2v) is 6.24. The van der Waals surface area contributed by atoms with Crippen LogP contribution in [0.5, 0.6) is 0 Å². The lowest BCUT2D eigenvalue weighted by molar-refractivity contribution is -0.116. The standard InChI is InChI=1S/C17H22ClNO2/c1-12-7-9-14(11-15(12)17(18)21)19-16(20)10-8-13-5-3-2-4-6-13/h7,9,11,13H,2-6,8,10H2,1H3,(H,19,20). The van der Waals surface area contributed by atoms with Gasteiger partial charge in [-0.3, -0.25) is 9.59 Å². The van der Waals surface area contributed by atoms with Crippen LogP contribution in [0.4, 0.5) is 5.69 Å². The SMILES string of the molecule is Cc1ccc(NC(=O)CCC2CCCCC2)cc1C(=O)Cl. The topological polar surface area (TPSA) is 46.2 Å². The van der Waals surface area contributed by atoms with Crippen molar-refractivity contribution >= 4 is 28.4 Å². The molecular weight excluding hydrogens is 286 g/mol. The summed E-state index contributed by atoms with van der Waals surface area (Å²) in [5, 5.41) is 2.36. The molecule has 1 saturated carbocycles. The number of benzene rings is 1. The third kappa shape index (κ3) is 4.85. The molecule has 0 saturated heterocycles. The lowest BCUT2D eigenvalue weighted by Gasteiger charge is -2.21. The van der Waals surface area contributed by atoms with Gasteiger partial charge in [0.2, 0.25) is 5.91 Å². The van der Waals surface area contributed by atoms with Gasteiger partial charge >= 0.3 is 0 Å². The zero-order chi connectivity index (χ0) is 15.2. The van der Waals surface area contributed by atoms with Gasteiger partial charge in [0.1, 0.15) is 0 Å². The molecule has 114 valence electrons. The number of amides is 1. The summed E-state index contributed by atoms with van der Waals surface area (Å²) in [4.78, 5) is 23.3. The molecule has 1 aliphatic rings. The van der Waals surface area contributed by atoms with Crippen LogP contribution in [0.2, 0.25) is 0 Å². The number of aryl methyl sites for hydroxylation is 1. The van der Waals surface area contributed by atoms with E-state index in [2.05, 4.69) is 5.32 Å². The van der Waals surface area contributed by atoms with E-state index >= 15 is 0 Å². The molecule has 1 aliphatic carbocycles. The number of hydrogen-bond donors (Lipinski definition) is 1. The van der Waals surface area contributed by atoms with Crippen molar-refractivity contribution in [3.63, 3.8) is 0 Å². The largest absolute Gasteiger partial charge is 0.326 e. The predicted molar refractivity (Wildman–Crippen MR) is 85.8 cm³/mol. The average molecular weight is 308 g/mol. The summed E-state index contributed by atoms with van der Waals surface area (Å²) in [7, 11) is 0. The van der Waals surface area contributed by atoms with Crippen molar-refractivity contribution in [1.29, 1.82) is 0 Å². The number of hydrogen-bond acceptors (Lipinski definition) is 2. The Bertz CT molecular complexity index is 522. The highest BCUT2D eigenvalue weighted by Crippen LogP contribution is 2.27. The Morgan fingerprint density at radius 1 is 1.24 bits per heavy atom. The zero-order valence-corrected chi connectivity index (χ0v) is 13.2. The highest BCUT2D eigenvalue weighted by atomic mass is 35.5. The monoisotopic (exact) mass is 307 g/mol. The minimum atomic E-state index is -0.495. The van der Waals surface area contributed by atoms with Crippen molar-refractivity contribution in [3.8, 4) is 0 Å². The molecule has 1 aromatic rings. The predicted octanol–water partition coefficient (Wildman–Crippen LogP) is 4.67. The molecule has 0 aromatic heterocycles.